The Bertz CT molecular complexity index is 448. The highest BCUT2D eigenvalue weighted by atomic mass is 16.4. The molecule has 3 N–H and O–H groups in total. The summed E-state index contributed by atoms with van der Waals surface area (Å²) >= 11 is 0. The Morgan fingerprint density at radius 1 is 1.17 bits per heavy atom. The Morgan fingerprint density at radius 3 is 2.42 bits per heavy atom. The Labute approximate surface area is 142 Å². The Balaban J connectivity index is 4.03. The first-order valence-electron chi connectivity index (χ1n) is 8.20. The number of ketones is 1. The lowest BCUT2D eigenvalue weighted by Crippen LogP contribution is -2.34. The number of hydrogen-bond donors (Lipinski definition) is 3. The molecule has 0 aliphatic rings. The predicted molar refractivity (Wildman–Crippen MR) is 90.3 cm³/mol. The standard InChI is InChI=1S/C17H28N2O5/c1-3-4-7-14(11-17(23)24)10-16(22)18-9-6-5-8-15(13(2)21)19-12-20/h3-4,12,14-15H,5-11H2,1-2H3,(H,18,22)(H,19,20)(H,23,24)/b4-3+. The van der Waals surface area contributed by atoms with Crippen LogP contribution in [0.25, 0.3) is 0 Å². The van der Waals surface area contributed by atoms with Crippen LogP contribution in [0.4, 0.5) is 0 Å². The topological polar surface area (TPSA) is 113 Å². The monoisotopic (exact) mass is 340 g/mol. The summed E-state index contributed by atoms with van der Waals surface area (Å²) in [4.78, 5) is 44.3. The number of carboxylic acid groups (broad SMARTS) is 1. The van der Waals surface area contributed by atoms with Crippen molar-refractivity contribution in [2.45, 2.75) is 58.4 Å². The van der Waals surface area contributed by atoms with Crippen molar-refractivity contribution >= 4 is 24.1 Å². The van der Waals surface area contributed by atoms with Gasteiger partial charge in [-0.3, -0.25) is 19.2 Å². The molecule has 0 bridgehead atoms. The zero-order valence-electron chi connectivity index (χ0n) is 14.4. The second kappa shape index (κ2) is 13.3. The van der Waals surface area contributed by atoms with Gasteiger partial charge in [0.15, 0.2) is 5.78 Å². The summed E-state index contributed by atoms with van der Waals surface area (Å²) in [6.45, 7) is 3.75. The van der Waals surface area contributed by atoms with Crippen LogP contribution in [0.3, 0.4) is 0 Å². The van der Waals surface area contributed by atoms with Gasteiger partial charge < -0.3 is 15.7 Å². The van der Waals surface area contributed by atoms with E-state index in [0.29, 0.717) is 38.6 Å². The van der Waals surface area contributed by atoms with Crippen molar-refractivity contribution in [1.82, 2.24) is 10.6 Å². The van der Waals surface area contributed by atoms with Gasteiger partial charge in [-0.05, 0) is 45.4 Å². The number of unbranched alkanes of at least 4 members (excludes halogenated alkanes) is 1. The number of hydrogen-bond acceptors (Lipinski definition) is 4. The predicted octanol–water partition coefficient (Wildman–Crippen LogP) is 1.42. The molecule has 7 nitrogen and oxygen atoms in total. The molecule has 136 valence electrons. The molecule has 0 saturated heterocycles. The second-order valence-electron chi connectivity index (χ2n) is 5.77. The minimum Gasteiger partial charge on any atom is -0.481 e. The summed E-state index contributed by atoms with van der Waals surface area (Å²) in [6, 6.07) is -0.473. The van der Waals surface area contributed by atoms with Gasteiger partial charge in [0, 0.05) is 19.4 Å². The largest absolute Gasteiger partial charge is 0.481 e. The van der Waals surface area contributed by atoms with Crippen molar-refractivity contribution < 1.29 is 24.3 Å². The molecule has 2 unspecified atom stereocenters. The van der Waals surface area contributed by atoms with E-state index < -0.39 is 12.0 Å². The van der Waals surface area contributed by atoms with Gasteiger partial charge in [-0.25, -0.2) is 0 Å². The molecular formula is C17H28N2O5. The molecule has 0 aliphatic heterocycles. The molecule has 0 rings (SSSR count). The Kier molecular flexibility index (Phi) is 12.1. The third-order valence-electron chi connectivity index (χ3n) is 3.64. The van der Waals surface area contributed by atoms with E-state index in [-0.39, 0.29) is 30.4 Å². The first kappa shape index (κ1) is 21.8. The minimum atomic E-state index is -0.907. The number of nitrogens with one attached hydrogen (secondary N) is 2. The first-order chi connectivity index (χ1) is 11.4. The molecule has 0 spiro atoms. The average Bonchev–Trinajstić information content (AvgIpc) is 2.50. The zero-order chi connectivity index (χ0) is 18.4. The lowest BCUT2D eigenvalue weighted by atomic mass is 9.97. The molecule has 0 heterocycles. The van der Waals surface area contributed by atoms with Crippen LogP contribution in [-0.4, -0.2) is 41.8 Å². The average molecular weight is 340 g/mol. The molecule has 2 atom stereocenters. The number of carbonyl (C=O) groups excluding carboxylic acids is 3. The maximum Gasteiger partial charge on any atom is 0.303 e. The highest BCUT2D eigenvalue weighted by molar-refractivity contribution is 5.83. The van der Waals surface area contributed by atoms with Crippen molar-refractivity contribution in [1.29, 1.82) is 0 Å². The highest BCUT2D eigenvalue weighted by Gasteiger charge is 2.16. The summed E-state index contributed by atoms with van der Waals surface area (Å²) in [5.41, 5.74) is 0. The molecule has 7 heteroatoms. The molecule has 0 aliphatic carbocycles. The lowest BCUT2D eigenvalue weighted by molar-refractivity contribution is -0.138. The maximum absolute atomic E-state index is 11.9. The molecular weight excluding hydrogens is 312 g/mol. The first-order valence-corrected chi connectivity index (χ1v) is 8.20. The van der Waals surface area contributed by atoms with Crippen LogP contribution in [0.1, 0.15) is 52.4 Å². The number of allylic oxidation sites excluding steroid dienone is 2. The van der Waals surface area contributed by atoms with Crippen molar-refractivity contribution in [3.8, 4) is 0 Å². The summed E-state index contributed by atoms with van der Waals surface area (Å²) in [5.74, 6) is -1.38. The summed E-state index contributed by atoms with van der Waals surface area (Å²) in [6.07, 6.45) is 6.85. The second-order valence-corrected chi connectivity index (χ2v) is 5.77. The van der Waals surface area contributed by atoms with Crippen molar-refractivity contribution in [2.24, 2.45) is 5.92 Å². The fraction of sp³-hybridized carbons (Fsp3) is 0.647. The number of rotatable bonds is 14. The van der Waals surface area contributed by atoms with Gasteiger partial charge in [0.1, 0.15) is 0 Å². The van der Waals surface area contributed by atoms with Gasteiger partial charge in [-0.2, -0.15) is 0 Å². The van der Waals surface area contributed by atoms with Gasteiger partial charge >= 0.3 is 5.97 Å². The normalized spacial score (nSPS) is 13.2. The summed E-state index contributed by atoms with van der Waals surface area (Å²) in [7, 11) is 0. The molecule has 0 fully saturated rings. The van der Waals surface area contributed by atoms with Crippen LogP contribution in [0, 0.1) is 5.92 Å². The lowest BCUT2D eigenvalue weighted by Gasteiger charge is -2.14. The van der Waals surface area contributed by atoms with Gasteiger partial charge in [0.2, 0.25) is 12.3 Å². The van der Waals surface area contributed by atoms with Crippen molar-refractivity contribution in [3.05, 3.63) is 12.2 Å². The van der Waals surface area contributed by atoms with Crippen LogP contribution in [0.15, 0.2) is 12.2 Å². The highest BCUT2D eigenvalue weighted by Crippen LogP contribution is 2.14. The Morgan fingerprint density at radius 2 is 1.88 bits per heavy atom. The minimum absolute atomic E-state index is 0.0323. The molecule has 0 aromatic heterocycles. The van der Waals surface area contributed by atoms with E-state index in [2.05, 4.69) is 10.6 Å². The zero-order valence-corrected chi connectivity index (χ0v) is 14.4. The van der Waals surface area contributed by atoms with Crippen LogP contribution < -0.4 is 10.6 Å². The van der Waals surface area contributed by atoms with Crippen LogP contribution >= 0.6 is 0 Å². The van der Waals surface area contributed by atoms with E-state index in [9.17, 15) is 19.2 Å². The summed E-state index contributed by atoms with van der Waals surface area (Å²) < 4.78 is 0. The van der Waals surface area contributed by atoms with Gasteiger partial charge in [0.05, 0.1) is 6.04 Å². The molecule has 24 heavy (non-hydrogen) atoms. The van der Waals surface area contributed by atoms with E-state index >= 15 is 0 Å². The molecule has 0 saturated carbocycles. The fourth-order valence-electron chi connectivity index (χ4n) is 2.34. The van der Waals surface area contributed by atoms with Crippen molar-refractivity contribution in [2.75, 3.05) is 6.54 Å². The van der Waals surface area contributed by atoms with Gasteiger partial charge in [-0.15, -0.1) is 0 Å². The van der Waals surface area contributed by atoms with Crippen molar-refractivity contribution in [3.63, 3.8) is 0 Å². The fourth-order valence-corrected chi connectivity index (χ4v) is 2.34. The van der Waals surface area contributed by atoms with E-state index in [0.717, 1.165) is 0 Å². The molecule has 0 aromatic rings. The third-order valence-corrected chi connectivity index (χ3v) is 3.64. The van der Waals surface area contributed by atoms with Gasteiger partial charge in [-0.1, -0.05) is 12.2 Å². The molecule has 2 amide bonds. The number of carbonyl (C=O) groups is 4. The number of amides is 2. The van der Waals surface area contributed by atoms with Gasteiger partial charge in [0.25, 0.3) is 0 Å². The smallest absolute Gasteiger partial charge is 0.303 e. The quantitative estimate of drug-likeness (QED) is 0.251. The van der Waals surface area contributed by atoms with Crippen LogP contribution in [-0.2, 0) is 19.2 Å². The molecule has 0 radical (unpaired) electrons. The maximum atomic E-state index is 11.9. The van der Waals surface area contributed by atoms with Crippen LogP contribution in [0.5, 0.6) is 0 Å². The third kappa shape index (κ3) is 11.4. The Hall–Kier alpha value is -2.18. The van der Waals surface area contributed by atoms with Crippen LogP contribution in [0.2, 0.25) is 0 Å². The SMILES string of the molecule is C/C=C/CC(CC(=O)O)CC(=O)NCCCCC(NC=O)C(C)=O. The van der Waals surface area contributed by atoms with E-state index in [4.69, 9.17) is 5.11 Å². The number of Topliss-reactive ketones (excluding diaryl/α,β-unsaturated/α-hetero) is 1. The number of aliphatic carboxylic acids is 1. The van der Waals surface area contributed by atoms with E-state index in [1.807, 2.05) is 19.1 Å². The summed E-state index contributed by atoms with van der Waals surface area (Å²) in [5, 5.41) is 14.1. The number of carboxylic acids is 1. The van der Waals surface area contributed by atoms with E-state index in [1.54, 1.807) is 0 Å². The van der Waals surface area contributed by atoms with E-state index in [1.165, 1.54) is 6.92 Å². The molecule has 0 aromatic carbocycles.